The van der Waals surface area contributed by atoms with Gasteiger partial charge in [0.2, 0.25) is 0 Å². The summed E-state index contributed by atoms with van der Waals surface area (Å²) in [7, 11) is -2.94. The van der Waals surface area contributed by atoms with E-state index in [1.54, 1.807) is 31.5 Å². The number of hydrogen-bond acceptors (Lipinski definition) is 5. The zero-order valence-electron chi connectivity index (χ0n) is 9.51. The molecule has 5 nitrogen and oxygen atoms in total. The summed E-state index contributed by atoms with van der Waals surface area (Å²) < 4.78 is 27.9. The average molecular weight is 254 g/mol. The standard InChI is InChI=1S/C11H14N2O3S/c1-2-17(14,15)8-6-13-11-9-4-7-16-10(9)3-5-12-11/h3-5,7H,2,6,8H2,1H3,(H,12,13). The van der Waals surface area contributed by atoms with Gasteiger partial charge in [-0.05, 0) is 12.1 Å². The van der Waals surface area contributed by atoms with Crippen LogP contribution in [0.5, 0.6) is 0 Å². The van der Waals surface area contributed by atoms with Crippen molar-refractivity contribution in [1.82, 2.24) is 4.98 Å². The second-order valence-electron chi connectivity index (χ2n) is 3.66. The van der Waals surface area contributed by atoms with Gasteiger partial charge in [0.15, 0.2) is 9.84 Å². The van der Waals surface area contributed by atoms with Crippen molar-refractivity contribution in [2.75, 3.05) is 23.4 Å². The number of sulfone groups is 1. The van der Waals surface area contributed by atoms with E-state index in [4.69, 9.17) is 4.42 Å². The average Bonchev–Trinajstić information content (AvgIpc) is 2.78. The molecule has 2 aromatic heterocycles. The molecule has 0 saturated heterocycles. The van der Waals surface area contributed by atoms with Gasteiger partial charge >= 0.3 is 0 Å². The first-order chi connectivity index (χ1) is 8.12. The third kappa shape index (κ3) is 2.76. The Morgan fingerprint density at radius 1 is 1.41 bits per heavy atom. The van der Waals surface area contributed by atoms with Gasteiger partial charge in [0.1, 0.15) is 11.4 Å². The first kappa shape index (κ1) is 11.9. The molecular formula is C11H14N2O3S. The molecule has 0 aliphatic heterocycles. The van der Waals surface area contributed by atoms with Crippen molar-refractivity contribution in [2.45, 2.75) is 6.92 Å². The maximum Gasteiger partial charge on any atom is 0.151 e. The summed E-state index contributed by atoms with van der Waals surface area (Å²) in [5.41, 5.74) is 0.737. The molecule has 0 amide bonds. The van der Waals surface area contributed by atoms with Gasteiger partial charge in [-0.25, -0.2) is 13.4 Å². The Balaban J connectivity index is 2.07. The Morgan fingerprint density at radius 3 is 3.00 bits per heavy atom. The number of nitrogens with zero attached hydrogens (tertiary/aromatic N) is 1. The summed E-state index contributed by atoms with van der Waals surface area (Å²) in [5, 5.41) is 3.88. The highest BCUT2D eigenvalue weighted by Crippen LogP contribution is 2.21. The first-order valence-corrected chi connectivity index (χ1v) is 7.21. The monoisotopic (exact) mass is 254 g/mol. The summed E-state index contributed by atoms with van der Waals surface area (Å²) >= 11 is 0. The van der Waals surface area contributed by atoms with E-state index < -0.39 is 9.84 Å². The molecule has 0 aromatic carbocycles. The number of fused-ring (bicyclic) bond motifs is 1. The number of furan rings is 1. The molecule has 92 valence electrons. The predicted molar refractivity (Wildman–Crippen MR) is 66.8 cm³/mol. The maximum atomic E-state index is 11.3. The van der Waals surface area contributed by atoms with Gasteiger partial charge in [0.05, 0.1) is 17.4 Å². The molecule has 17 heavy (non-hydrogen) atoms. The van der Waals surface area contributed by atoms with E-state index in [0.717, 1.165) is 11.0 Å². The van der Waals surface area contributed by atoms with Gasteiger partial charge in [-0.1, -0.05) is 6.92 Å². The number of aromatic nitrogens is 1. The first-order valence-electron chi connectivity index (χ1n) is 5.39. The second kappa shape index (κ2) is 4.75. The third-order valence-electron chi connectivity index (χ3n) is 2.53. The van der Waals surface area contributed by atoms with E-state index in [1.165, 1.54) is 0 Å². The fourth-order valence-electron chi connectivity index (χ4n) is 1.50. The summed E-state index contributed by atoms with van der Waals surface area (Å²) in [6, 6.07) is 3.57. The molecule has 2 aromatic rings. The van der Waals surface area contributed by atoms with Gasteiger partial charge in [-0.15, -0.1) is 0 Å². The van der Waals surface area contributed by atoms with Crippen molar-refractivity contribution in [3.63, 3.8) is 0 Å². The van der Waals surface area contributed by atoms with E-state index >= 15 is 0 Å². The van der Waals surface area contributed by atoms with Crippen molar-refractivity contribution >= 4 is 26.6 Å². The number of pyridine rings is 1. The lowest BCUT2D eigenvalue weighted by Crippen LogP contribution is -2.17. The summed E-state index contributed by atoms with van der Waals surface area (Å²) in [6.45, 7) is 2.00. The van der Waals surface area contributed by atoms with Crippen LogP contribution in [0.1, 0.15) is 6.92 Å². The predicted octanol–water partition coefficient (Wildman–Crippen LogP) is 1.67. The van der Waals surface area contributed by atoms with Crippen molar-refractivity contribution < 1.29 is 12.8 Å². The smallest absolute Gasteiger partial charge is 0.151 e. The summed E-state index contributed by atoms with van der Waals surface area (Å²) in [6.07, 6.45) is 3.21. The van der Waals surface area contributed by atoms with Gasteiger partial charge in [-0.3, -0.25) is 0 Å². The molecule has 0 aliphatic carbocycles. The van der Waals surface area contributed by atoms with E-state index in [2.05, 4.69) is 10.3 Å². The highest BCUT2D eigenvalue weighted by Gasteiger charge is 2.08. The lowest BCUT2D eigenvalue weighted by molar-refractivity contribution is 0.597. The van der Waals surface area contributed by atoms with Gasteiger partial charge < -0.3 is 9.73 Å². The normalized spacial score (nSPS) is 11.8. The van der Waals surface area contributed by atoms with Gasteiger partial charge in [0.25, 0.3) is 0 Å². The summed E-state index contributed by atoms with van der Waals surface area (Å²) in [4.78, 5) is 4.16. The molecule has 0 spiro atoms. The van der Waals surface area contributed by atoms with Crippen LogP contribution in [-0.4, -0.2) is 31.5 Å². The highest BCUT2D eigenvalue weighted by atomic mass is 32.2. The Labute approximate surface area is 99.8 Å². The lowest BCUT2D eigenvalue weighted by atomic mass is 10.3. The molecule has 0 saturated carbocycles. The van der Waals surface area contributed by atoms with Crippen molar-refractivity contribution in [3.05, 3.63) is 24.6 Å². The lowest BCUT2D eigenvalue weighted by Gasteiger charge is -2.05. The van der Waals surface area contributed by atoms with Crippen molar-refractivity contribution in [1.29, 1.82) is 0 Å². The topological polar surface area (TPSA) is 72.2 Å². The highest BCUT2D eigenvalue weighted by molar-refractivity contribution is 7.91. The number of hydrogen-bond donors (Lipinski definition) is 1. The van der Waals surface area contributed by atoms with Crippen molar-refractivity contribution in [2.24, 2.45) is 0 Å². The molecule has 0 atom stereocenters. The van der Waals surface area contributed by atoms with Crippen LogP contribution in [0.3, 0.4) is 0 Å². The molecule has 2 rings (SSSR count). The minimum absolute atomic E-state index is 0.111. The molecule has 0 bridgehead atoms. The Hall–Kier alpha value is -1.56. The van der Waals surface area contributed by atoms with Crippen LogP contribution in [-0.2, 0) is 9.84 Å². The van der Waals surface area contributed by atoms with Crippen LogP contribution in [0.4, 0.5) is 5.82 Å². The number of nitrogens with one attached hydrogen (secondary N) is 1. The molecule has 0 unspecified atom stereocenters. The van der Waals surface area contributed by atoms with Gasteiger partial charge in [0, 0.05) is 18.5 Å². The SMILES string of the molecule is CCS(=O)(=O)CCNc1nccc2occc12. The van der Waals surface area contributed by atoms with Crippen LogP contribution in [0.25, 0.3) is 11.0 Å². The minimum Gasteiger partial charge on any atom is -0.464 e. The Kier molecular flexibility index (Phi) is 3.33. The van der Waals surface area contributed by atoms with Crippen molar-refractivity contribution in [3.8, 4) is 0 Å². The van der Waals surface area contributed by atoms with E-state index in [9.17, 15) is 8.42 Å². The number of anilines is 1. The molecular weight excluding hydrogens is 240 g/mol. The fraction of sp³-hybridized carbons (Fsp3) is 0.364. The van der Waals surface area contributed by atoms with Crippen LogP contribution in [0, 0.1) is 0 Å². The zero-order valence-corrected chi connectivity index (χ0v) is 10.3. The fourth-order valence-corrected chi connectivity index (χ4v) is 2.21. The largest absolute Gasteiger partial charge is 0.464 e. The molecule has 0 fully saturated rings. The minimum atomic E-state index is -2.94. The molecule has 0 aliphatic rings. The molecule has 1 N–H and O–H groups in total. The number of rotatable bonds is 5. The van der Waals surface area contributed by atoms with E-state index in [-0.39, 0.29) is 11.5 Å². The van der Waals surface area contributed by atoms with Crippen LogP contribution in [0.15, 0.2) is 29.0 Å². The Morgan fingerprint density at radius 2 is 2.24 bits per heavy atom. The second-order valence-corrected chi connectivity index (χ2v) is 6.13. The summed E-state index contributed by atoms with van der Waals surface area (Å²) in [5.74, 6) is 0.930. The molecule has 0 radical (unpaired) electrons. The van der Waals surface area contributed by atoms with Crippen LogP contribution < -0.4 is 5.32 Å². The van der Waals surface area contributed by atoms with E-state index in [1.807, 2.05) is 0 Å². The molecule has 6 heteroatoms. The maximum absolute atomic E-state index is 11.3. The molecule has 2 heterocycles. The van der Waals surface area contributed by atoms with E-state index in [0.29, 0.717) is 12.4 Å². The Bertz CT molecular complexity index is 604. The quantitative estimate of drug-likeness (QED) is 0.878. The van der Waals surface area contributed by atoms with Crippen LogP contribution >= 0.6 is 0 Å². The zero-order chi connectivity index (χ0) is 12.3. The van der Waals surface area contributed by atoms with Crippen LogP contribution in [0.2, 0.25) is 0 Å². The van der Waals surface area contributed by atoms with Gasteiger partial charge in [-0.2, -0.15) is 0 Å². The third-order valence-corrected chi connectivity index (χ3v) is 4.23.